The third-order valence-electron chi connectivity index (χ3n) is 3.77. The summed E-state index contributed by atoms with van der Waals surface area (Å²) < 4.78 is 1.92. The van der Waals surface area contributed by atoms with E-state index in [1.807, 2.05) is 31.5 Å². The first kappa shape index (κ1) is 17.7. The largest absolute Gasteiger partial charge is 0.355 e. The Morgan fingerprint density at radius 1 is 1.38 bits per heavy atom. The van der Waals surface area contributed by atoms with E-state index in [2.05, 4.69) is 10.4 Å². The highest BCUT2D eigenvalue weighted by Crippen LogP contribution is 2.18. The summed E-state index contributed by atoms with van der Waals surface area (Å²) in [6, 6.07) is 8.32. The topological polar surface area (TPSA) is 90.1 Å². The van der Waals surface area contributed by atoms with Crippen LogP contribution >= 0.6 is 0 Å². The molecule has 0 aliphatic rings. The number of amides is 1. The fraction of sp³-hybridized carbons (Fsp3) is 0.412. The second-order valence-corrected chi connectivity index (χ2v) is 6.08. The van der Waals surface area contributed by atoms with Gasteiger partial charge in [-0.25, -0.2) is 0 Å². The number of nitrogens with one attached hydrogen (secondary N) is 1. The molecule has 1 N–H and O–H groups in total. The average molecular weight is 330 g/mol. The lowest BCUT2D eigenvalue weighted by molar-refractivity contribution is -0.385. The van der Waals surface area contributed by atoms with E-state index in [-0.39, 0.29) is 23.9 Å². The summed E-state index contributed by atoms with van der Waals surface area (Å²) in [7, 11) is 0. The van der Waals surface area contributed by atoms with Crippen LogP contribution in [0.25, 0.3) is 0 Å². The Hall–Kier alpha value is -2.70. The Balaban J connectivity index is 1.87. The van der Waals surface area contributed by atoms with Crippen LogP contribution in [0.15, 0.2) is 30.3 Å². The van der Waals surface area contributed by atoms with Gasteiger partial charge in [0.2, 0.25) is 5.91 Å². The van der Waals surface area contributed by atoms with Crippen LogP contribution in [0.5, 0.6) is 0 Å². The van der Waals surface area contributed by atoms with E-state index < -0.39 is 4.92 Å². The number of aryl methyl sites for hydroxylation is 2. The standard InChI is InChI=1S/C17H22N4O3/c1-12(11-20-14(3)8-13(2)19-20)10-18-17(22)9-15-6-4-5-7-16(15)21(23)24/h4-8,12H,9-11H2,1-3H3,(H,18,22)/t12-/m0/s1. The van der Waals surface area contributed by atoms with Gasteiger partial charge >= 0.3 is 0 Å². The molecular weight excluding hydrogens is 308 g/mol. The molecule has 1 aromatic heterocycles. The summed E-state index contributed by atoms with van der Waals surface area (Å²) in [5, 5.41) is 18.2. The van der Waals surface area contributed by atoms with Crippen LogP contribution in [0.4, 0.5) is 5.69 Å². The summed E-state index contributed by atoms with van der Waals surface area (Å²) in [6.45, 7) is 7.19. The van der Waals surface area contributed by atoms with Crippen molar-refractivity contribution in [3.8, 4) is 0 Å². The Bertz CT molecular complexity index is 739. The maximum absolute atomic E-state index is 12.1. The number of para-hydroxylation sites is 1. The zero-order valence-electron chi connectivity index (χ0n) is 14.2. The van der Waals surface area contributed by atoms with Crippen molar-refractivity contribution in [2.75, 3.05) is 6.54 Å². The molecule has 1 atom stereocenters. The molecule has 0 saturated carbocycles. The molecule has 1 aromatic carbocycles. The number of rotatable bonds is 7. The second kappa shape index (κ2) is 7.72. The fourth-order valence-corrected chi connectivity index (χ4v) is 2.58. The van der Waals surface area contributed by atoms with E-state index in [1.165, 1.54) is 6.07 Å². The smallest absolute Gasteiger partial charge is 0.273 e. The molecule has 0 aliphatic carbocycles. The van der Waals surface area contributed by atoms with Gasteiger partial charge in [-0.1, -0.05) is 25.1 Å². The van der Waals surface area contributed by atoms with E-state index in [1.54, 1.807) is 18.2 Å². The van der Waals surface area contributed by atoms with Crippen molar-refractivity contribution in [1.82, 2.24) is 15.1 Å². The number of nitro benzene ring substituents is 1. The van der Waals surface area contributed by atoms with Crippen molar-refractivity contribution in [3.05, 3.63) is 57.4 Å². The number of aromatic nitrogens is 2. The average Bonchev–Trinajstić information content (AvgIpc) is 2.83. The molecule has 7 heteroatoms. The maximum Gasteiger partial charge on any atom is 0.273 e. The number of hydrogen-bond acceptors (Lipinski definition) is 4. The van der Waals surface area contributed by atoms with Crippen LogP contribution in [0.3, 0.4) is 0 Å². The zero-order chi connectivity index (χ0) is 17.7. The van der Waals surface area contributed by atoms with E-state index in [4.69, 9.17) is 0 Å². The van der Waals surface area contributed by atoms with Crippen LogP contribution in [-0.2, 0) is 17.8 Å². The number of hydrogen-bond donors (Lipinski definition) is 1. The van der Waals surface area contributed by atoms with Gasteiger partial charge in [-0.3, -0.25) is 19.6 Å². The highest BCUT2D eigenvalue weighted by Gasteiger charge is 2.16. The lowest BCUT2D eigenvalue weighted by Crippen LogP contribution is -2.31. The van der Waals surface area contributed by atoms with Gasteiger partial charge in [-0.05, 0) is 25.8 Å². The van der Waals surface area contributed by atoms with E-state index >= 15 is 0 Å². The second-order valence-electron chi connectivity index (χ2n) is 6.08. The normalized spacial score (nSPS) is 12.0. The van der Waals surface area contributed by atoms with Crippen LogP contribution < -0.4 is 5.32 Å². The van der Waals surface area contributed by atoms with E-state index in [0.717, 1.165) is 11.4 Å². The van der Waals surface area contributed by atoms with Gasteiger partial charge in [0, 0.05) is 30.4 Å². The van der Waals surface area contributed by atoms with Gasteiger partial charge in [0.15, 0.2) is 0 Å². The molecule has 0 fully saturated rings. The maximum atomic E-state index is 12.1. The minimum absolute atomic E-state index is 0.00375. The molecule has 128 valence electrons. The Morgan fingerprint density at radius 3 is 2.71 bits per heavy atom. The molecule has 2 rings (SSSR count). The third kappa shape index (κ3) is 4.65. The molecule has 0 unspecified atom stereocenters. The molecule has 0 aliphatic heterocycles. The minimum Gasteiger partial charge on any atom is -0.355 e. The molecule has 0 spiro atoms. The molecule has 1 amide bonds. The molecule has 0 radical (unpaired) electrons. The van der Waals surface area contributed by atoms with Gasteiger partial charge in [0.05, 0.1) is 17.0 Å². The molecule has 2 aromatic rings. The lowest BCUT2D eigenvalue weighted by atomic mass is 10.1. The van der Waals surface area contributed by atoms with Gasteiger partial charge in [0.25, 0.3) is 5.69 Å². The number of benzene rings is 1. The van der Waals surface area contributed by atoms with E-state index in [9.17, 15) is 14.9 Å². The van der Waals surface area contributed by atoms with Gasteiger partial charge in [-0.15, -0.1) is 0 Å². The number of nitro groups is 1. The van der Waals surface area contributed by atoms with Crippen LogP contribution in [0, 0.1) is 29.9 Å². The molecule has 0 saturated heterocycles. The van der Waals surface area contributed by atoms with Crippen LogP contribution in [0.1, 0.15) is 23.9 Å². The summed E-state index contributed by atoms with van der Waals surface area (Å²) in [5.41, 5.74) is 2.46. The van der Waals surface area contributed by atoms with Crippen molar-refractivity contribution < 1.29 is 9.72 Å². The number of carbonyl (C=O) groups is 1. The fourth-order valence-electron chi connectivity index (χ4n) is 2.58. The zero-order valence-corrected chi connectivity index (χ0v) is 14.2. The summed E-state index contributed by atoms with van der Waals surface area (Å²) in [4.78, 5) is 22.6. The first-order valence-corrected chi connectivity index (χ1v) is 7.87. The summed E-state index contributed by atoms with van der Waals surface area (Å²) >= 11 is 0. The van der Waals surface area contributed by atoms with Gasteiger partial charge in [0.1, 0.15) is 0 Å². The van der Waals surface area contributed by atoms with Gasteiger partial charge in [-0.2, -0.15) is 5.10 Å². The Morgan fingerprint density at radius 2 is 2.08 bits per heavy atom. The highest BCUT2D eigenvalue weighted by atomic mass is 16.6. The van der Waals surface area contributed by atoms with Crippen LogP contribution in [-0.4, -0.2) is 27.2 Å². The Kier molecular flexibility index (Phi) is 5.68. The minimum atomic E-state index is -0.464. The predicted molar refractivity (Wildman–Crippen MR) is 90.7 cm³/mol. The van der Waals surface area contributed by atoms with Crippen molar-refractivity contribution in [3.63, 3.8) is 0 Å². The lowest BCUT2D eigenvalue weighted by Gasteiger charge is -2.14. The summed E-state index contributed by atoms with van der Waals surface area (Å²) in [6.07, 6.45) is 0.00375. The first-order chi connectivity index (χ1) is 11.4. The first-order valence-electron chi connectivity index (χ1n) is 7.87. The molecule has 24 heavy (non-hydrogen) atoms. The van der Waals surface area contributed by atoms with Crippen molar-refractivity contribution >= 4 is 11.6 Å². The van der Waals surface area contributed by atoms with Crippen LogP contribution in [0.2, 0.25) is 0 Å². The molecule has 0 bridgehead atoms. The van der Waals surface area contributed by atoms with Gasteiger partial charge < -0.3 is 5.32 Å². The molecular formula is C17H22N4O3. The highest BCUT2D eigenvalue weighted by molar-refractivity contribution is 5.79. The summed E-state index contributed by atoms with van der Waals surface area (Å²) in [5.74, 6) is -0.0118. The predicted octanol–water partition coefficient (Wildman–Crippen LogP) is 2.40. The quantitative estimate of drug-likeness (QED) is 0.623. The van der Waals surface area contributed by atoms with Crippen molar-refractivity contribution in [2.24, 2.45) is 5.92 Å². The monoisotopic (exact) mass is 330 g/mol. The SMILES string of the molecule is Cc1cc(C)n(C[C@@H](C)CNC(=O)Cc2ccccc2[N+](=O)[O-])n1. The Labute approximate surface area is 140 Å². The molecule has 1 heterocycles. The number of carbonyl (C=O) groups excluding carboxylic acids is 1. The van der Waals surface area contributed by atoms with E-state index in [0.29, 0.717) is 18.7 Å². The molecule has 7 nitrogen and oxygen atoms in total. The van der Waals surface area contributed by atoms with Crippen molar-refractivity contribution in [1.29, 1.82) is 0 Å². The number of nitrogens with zero attached hydrogens (tertiary/aromatic N) is 3. The third-order valence-corrected chi connectivity index (χ3v) is 3.77. The van der Waals surface area contributed by atoms with Crippen molar-refractivity contribution in [2.45, 2.75) is 33.7 Å².